The summed E-state index contributed by atoms with van der Waals surface area (Å²) in [6.45, 7) is 0.164. The minimum Gasteiger partial charge on any atom is -0.211 e. The highest BCUT2D eigenvalue weighted by atomic mass is 15.5. The lowest BCUT2D eigenvalue weighted by atomic mass is 10.2. The molecule has 0 radical (unpaired) electrons. The zero-order chi connectivity index (χ0) is 9.80. The van der Waals surface area contributed by atoms with Crippen molar-refractivity contribution >= 4 is 0 Å². The van der Waals surface area contributed by atoms with Crippen molar-refractivity contribution in [1.29, 1.82) is 5.26 Å². The normalized spacial score (nSPS) is 9.64. The van der Waals surface area contributed by atoms with Gasteiger partial charge in [0.2, 0.25) is 0 Å². The third-order valence-corrected chi connectivity index (χ3v) is 1.78. The van der Waals surface area contributed by atoms with Crippen molar-refractivity contribution < 1.29 is 0 Å². The van der Waals surface area contributed by atoms with Crippen LogP contribution in [-0.4, -0.2) is 20.2 Å². The third-order valence-electron chi connectivity index (χ3n) is 1.78. The Labute approximate surface area is 80.6 Å². The second kappa shape index (κ2) is 3.66. The van der Waals surface area contributed by atoms with E-state index in [1.807, 2.05) is 36.4 Å². The fourth-order valence-corrected chi connectivity index (χ4v) is 1.17. The van der Waals surface area contributed by atoms with E-state index in [0.29, 0.717) is 5.82 Å². The van der Waals surface area contributed by atoms with Gasteiger partial charge in [0.1, 0.15) is 6.54 Å². The Morgan fingerprint density at radius 1 is 1.29 bits per heavy atom. The lowest BCUT2D eigenvalue weighted by molar-refractivity contribution is 0.671. The molecular weight excluding hydrogens is 178 g/mol. The van der Waals surface area contributed by atoms with Crippen molar-refractivity contribution in [2.75, 3.05) is 0 Å². The van der Waals surface area contributed by atoms with Gasteiger partial charge < -0.3 is 0 Å². The highest BCUT2D eigenvalue weighted by molar-refractivity contribution is 5.53. The van der Waals surface area contributed by atoms with Gasteiger partial charge in [0.25, 0.3) is 0 Å². The molecule has 0 fully saturated rings. The second-order valence-electron chi connectivity index (χ2n) is 2.68. The predicted molar refractivity (Wildman–Crippen MR) is 48.9 cm³/mol. The Bertz CT molecular complexity index is 454. The van der Waals surface area contributed by atoms with E-state index < -0.39 is 0 Å². The van der Waals surface area contributed by atoms with Gasteiger partial charge in [-0.05, 0) is 10.4 Å². The molecule has 68 valence electrons. The van der Waals surface area contributed by atoms with Gasteiger partial charge in [0.15, 0.2) is 5.82 Å². The smallest absolute Gasteiger partial charge is 0.183 e. The highest BCUT2D eigenvalue weighted by Crippen LogP contribution is 2.13. The van der Waals surface area contributed by atoms with Crippen LogP contribution in [0.15, 0.2) is 30.3 Å². The minimum absolute atomic E-state index is 0.164. The highest BCUT2D eigenvalue weighted by Gasteiger charge is 2.06. The Morgan fingerprint density at radius 3 is 2.79 bits per heavy atom. The average molecular weight is 185 g/mol. The van der Waals surface area contributed by atoms with Crippen LogP contribution in [0.3, 0.4) is 0 Å². The van der Waals surface area contributed by atoms with Gasteiger partial charge in [-0.25, -0.2) is 4.68 Å². The second-order valence-corrected chi connectivity index (χ2v) is 2.68. The van der Waals surface area contributed by atoms with Crippen molar-refractivity contribution in [2.24, 2.45) is 0 Å². The molecule has 1 aromatic carbocycles. The first-order valence-electron chi connectivity index (χ1n) is 4.10. The number of nitrogens with zero attached hydrogens (tertiary/aromatic N) is 5. The van der Waals surface area contributed by atoms with Crippen molar-refractivity contribution in [3.63, 3.8) is 0 Å². The predicted octanol–water partition coefficient (Wildman–Crippen LogP) is 0.864. The summed E-state index contributed by atoms with van der Waals surface area (Å²) < 4.78 is 1.47. The summed E-state index contributed by atoms with van der Waals surface area (Å²) in [6.07, 6.45) is 0. The fourth-order valence-electron chi connectivity index (χ4n) is 1.17. The molecule has 0 aliphatic carbocycles. The van der Waals surface area contributed by atoms with Crippen LogP contribution in [-0.2, 0) is 6.54 Å². The molecule has 2 aromatic rings. The van der Waals surface area contributed by atoms with Crippen LogP contribution in [0.1, 0.15) is 0 Å². The van der Waals surface area contributed by atoms with E-state index in [9.17, 15) is 0 Å². The topological polar surface area (TPSA) is 67.4 Å². The van der Waals surface area contributed by atoms with Gasteiger partial charge in [-0.3, -0.25) is 0 Å². The summed E-state index contributed by atoms with van der Waals surface area (Å²) in [5.41, 5.74) is 0.910. The molecule has 5 nitrogen and oxygen atoms in total. The van der Waals surface area contributed by atoms with Gasteiger partial charge in [0.05, 0.1) is 6.07 Å². The number of hydrogen-bond donors (Lipinski definition) is 0. The minimum atomic E-state index is 0.164. The summed E-state index contributed by atoms with van der Waals surface area (Å²) >= 11 is 0. The first kappa shape index (κ1) is 8.38. The van der Waals surface area contributed by atoms with Crippen LogP contribution in [0.25, 0.3) is 11.4 Å². The summed E-state index contributed by atoms with van der Waals surface area (Å²) in [5, 5.41) is 19.6. The zero-order valence-corrected chi connectivity index (χ0v) is 7.33. The van der Waals surface area contributed by atoms with E-state index in [2.05, 4.69) is 15.5 Å². The van der Waals surface area contributed by atoms with Gasteiger partial charge in [-0.1, -0.05) is 30.3 Å². The standard InChI is InChI=1S/C9H7N5/c10-6-7-14-9(11-12-13-14)8-4-2-1-3-5-8/h1-5H,7H2. The van der Waals surface area contributed by atoms with Gasteiger partial charge in [-0.15, -0.1) is 5.10 Å². The SMILES string of the molecule is N#CCn1nnnc1-c1ccccc1. The van der Waals surface area contributed by atoms with Crippen LogP contribution >= 0.6 is 0 Å². The molecule has 0 N–H and O–H groups in total. The Balaban J connectivity index is 2.43. The van der Waals surface area contributed by atoms with Crippen molar-refractivity contribution in [2.45, 2.75) is 6.54 Å². The third kappa shape index (κ3) is 1.45. The van der Waals surface area contributed by atoms with Crippen LogP contribution in [0, 0.1) is 11.3 Å². The van der Waals surface area contributed by atoms with Gasteiger partial charge in [-0.2, -0.15) is 5.26 Å². The lowest BCUT2D eigenvalue weighted by Crippen LogP contribution is -2.00. The number of benzene rings is 1. The summed E-state index contributed by atoms with van der Waals surface area (Å²) in [5.74, 6) is 0.618. The molecule has 1 heterocycles. The first-order valence-corrected chi connectivity index (χ1v) is 4.10. The summed E-state index contributed by atoms with van der Waals surface area (Å²) in [7, 11) is 0. The van der Waals surface area contributed by atoms with Gasteiger partial charge in [0, 0.05) is 5.56 Å². The maximum atomic E-state index is 8.54. The van der Waals surface area contributed by atoms with Crippen molar-refractivity contribution in [1.82, 2.24) is 20.2 Å². The molecule has 14 heavy (non-hydrogen) atoms. The molecule has 0 atom stereocenters. The quantitative estimate of drug-likeness (QED) is 0.696. The fraction of sp³-hybridized carbons (Fsp3) is 0.111. The molecule has 0 saturated heterocycles. The number of aromatic nitrogens is 4. The molecule has 0 aliphatic rings. The van der Waals surface area contributed by atoms with Crippen molar-refractivity contribution in [3.05, 3.63) is 30.3 Å². The van der Waals surface area contributed by atoms with Crippen LogP contribution in [0.2, 0.25) is 0 Å². The van der Waals surface area contributed by atoms with E-state index in [4.69, 9.17) is 5.26 Å². The molecular formula is C9H7N5. The van der Waals surface area contributed by atoms with E-state index in [-0.39, 0.29) is 6.54 Å². The van der Waals surface area contributed by atoms with Crippen LogP contribution in [0.4, 0.5) is 0 Å². The van der Waals surface area contributed by atoms with E-state index in [0.717, 1.165) is 5.56 Å². The monoisotopic (exact) mass is 185 g/mol. The number of tetrazole rings is 1. The number of nitriles is 1. The maximum absolute atomic E-state index is 8.54. The van der Waals surface area contributed by atoms with E-state index in [1.54, 1.807) is 0 Å². The molecule has 2 rings (SSSR count). The van der Waals surface area contributed by atoms with Crippen LogP contribution in [0.5, 0.6) is 0 Å². The number of rotatable bonds is 2. The Hall–Kier alpha value is -2.22. The zero-order valence-electron chi connectivity index (χ0n) is 7.33. The van der Waals surface area contributed by atoms with Crippen LogP contribution < -0.4 is 0 Å². The Kier molecular flexibility index (Phi) is 2.19. The summed E-state index contributed by atoms with van der Waals surface area (Å²) in [4.78, 5) is 0. The molecule has 5 heteroatoms. The van der Waals surface area contributed by atoms with Gasteiger partial charge >= 0.3 is 0 Å². The molecule has 0 amide bonds. The molecule has 0 saturated carbocycles. The molecule has 0 unspecified atom stereocenters. The van der Waals surface area contributed by atoms with Crippen molar-refractivity contribution in [3.8, 4) is 17.5 Å². The molecule has 0 bridgehead atoms. The largest absolute Gasteiger partial charge is 0.211 e. The number of hydrogen-bond acceptors (Lipinski definition) is 4. The Morgan fingerprint density at radius 2 is 2.07 bits per heavy atom. The molecule has 1 aromatic heterocycles. The first-order chi connectivity index (χ1) is 6.92. The molecule has 0 spiro atoms. The lowest BCUT2D eigenvalue weighted by Gasteiger charge is -1.98. The maximum Gasteiger partial charge on any atom is 0.183 e. The molecule has 0 aliphatic heterocycles. The van der Waals surface area contributed by atoms with E-state index >= 15 is 0 Å². The summed E-state index contributed by atoms with van der Waals surface area (Å²) in [6, 6.07) is 11.5. The average Bonchev–Trinajstić information content (AvgIpc) is 2.68. The van der Waals surface area contributed by atoms with E-state index in [1.165, 1.54) is 4.68 Å².